The first-order chi connectivity index (χ1) is 14.6. The molecular weight excluding hydrogens is 392 g/mol. The lowest BCUT2D eigenvalue weighted by molar-refractivity contribution is -0.171. The van der Waals surface area contributed by atoms with Crippen molar-refractivity contribution in [2.24, 2.45) is 45.6 Å². The number of ketones is 1. The van der Waals surface area contributed by atoms with Gasteiger partial charge in [-0.3, -0.25) is 10.2 Å². The van der Waals surface area contributed by atoms with Gasteiger partial charge >= 0.3 is 0 Å². The van der Waals surface area contributed by atoms with Crippen molar-refractivity contribution in [2.75, 3.05) is 13.2 Å². The maximum absolute atomic E-state index is 13.2. The van der Waals surface area contributed by atoms with E-state index < -0.39 is 5.60 Å². The van der Waals surface area contributed by atoms with Crippen LogP contribution in [0.15, 0.2) is 5.22 Å². The van der Waals surface area contributed by atoms with Crippen LogP contribution in [0.1, 0.15) is 78.6 Å². The Labute approximate surface area is 186 Å². The van der Waals surface area contributed by atoms with Crippen LogP contribution >= 0.6 is 0 Å². The van der Waals surface area contributed by atoms with Crippen LogP contribution in [-0.2, 0) is 4.79 Å². The first-order valence-corrected chi connectivity index (χ1v) is 12.1. The third-order valence-corrected chi connectivity index (χ3v) is 10.1. The average molecular weight is 433 g/mol. The molecule has 0 aliphatic heterocycles. The Kier molecular flexibility index (Phi) is 5.83. The molecule has 4 rings (SSSR count). The molecule has 4 saturated carbocycles. The summed E-state index contributed by atoms with van der Waals surface area (Å²) in [5.74, 6) is 2.14. The third-order valence-electron chi connectivity index (χ3n) is 10.1. The first-order valence-electron chi connectivity index (χ1n) is 12.1. The molecule has 4 N–H and O–H groups in total. The Morgan fingerprint density at radius 1 is 1.10 bits per heavy atom. The molecule has 0 bridgehead atoms. The Balaban J connectivity index is 1.55. The minimum absolute atomic E-state index is 0.0254. The predicted octanol–water partition coefficient (Wildman–Crippen LogP) is 4.18. The van der Waals surface area contributed by atoms with Crippen LogP contribution in [0.25, 0.3) is 0 Å². The summed E-state index contributed by atoms with van der Waals surface area (Å²) in [6.45, 7) is 6.06. The Bertz CT molecular complexity index is 755. The normalized spacial score (nSPS) is 46.4. The molecule has 4 fully saturated rings. The zero-order valence-corrected chi connectivity index (χ0v) is 19.4. The average Bonchev–Trinajstić information content (AvgIpc) is 3.08. The summed E-state index contributed by atoms with van der Waals surface area (Å²) >= 11 is 0. The maximum atomic E-state index is 13.2. The number of aliphatic hydroxyl groups is 2. The van der Waals surface area contributed by atoms with Gasteiger partial charge in [-0.05, 0) is 106 Å². The number of carbonyl (C=O) groups excluding carboxylic acids is 1. The molecular formula is C24H40N4O3. The fourth-order valence-corrected chi connectivity index (χ4v) is 8.56. The molecule has 0 saturated heterocycles. The van der Waals surface area contributed by atoms with E-state index >= 15 is 0 Å². The molecule has 0 radical (unpaired) electrons. The fraction of sp³-hybridized carbons (Fsp3) is 0.917. The molecule has 0 unspecified atom stereocenters. The zero-order chi connectivity index (χ0) is 22.6. The van der Waals surface area contributed by atoms with E-state index in [1.807, 2.05) is 6.92 Å². The Hall–Kier alpha value is -1.34. The van der Waals surface area contributed by atoms with Crippen LogP contribution in [-0.4, -0.2) is 45.6 Å². The molecule has 7 heteroatoms. The second kappa shape index (κ2) is 7.91. The number of hydrogen-bond acceptors (Lipinski definition) is 6. The van der Waals surface area contributed by atoms with Gasteiger partial charge in [-0.1, -0.05) is 12.1 Å². The number of hydrogen-bond donors (Lipinski definition) is 4. The summed E-state index contributed by atoms with van der Waals surface area (Å²) in [7, 11) is 0. The van der Waals surface area contributed by atoms with Gasteiger partial charge in [0.1, 0.15) is 12.4 Å². The van der Waals surface area contributed by atoms with E-state index in [9.17, 15) is 15.0 Å². The number of fused-ring (bicyclic) bond motifs is 5. The van der Waals surface area contributed by atoms with Crippen molar-refractivity contribution in [3.05, 3.63) is 0 Å². The summed E-state index contributed by atoms with van der Waals surface area (Å²) in [5, 5.41) is 33.6. The van der Waals surface area contributed by atoms with Gasteiger partial charge in [-0.15, -0.1) is 0 Å². The third kappa shape index (κ3) is 3.56. The van der Waals surface area contributed by atoms with E-state index in [-0.39, 0.29) is 41.5 Å². The van der Waals surface area contributed by atoms with Crippen LogP contribution in [0.2, 0.25) is 0 Å². The highest BCUT2D eigenvalue weighted by Crippen LogP contribution is 2.68. The maximum Gasteiger partial charge on any atom is 0.158 e. The van der Waals surface area contributed by atoms with E-state index in [0.29, 0.717) is 23.7 Å². The van der Waals surface area contributed by atoms with Crippen molar-refractivity contribution in [3.63, 3.8) is 0 Å². The van der Waals surface area contributed by atoms with Crippen LogP contribution in [0.5, 0.6) is 0 Å². The number of aliphatic hydroxyl groups excluding tert-OH is 1. The van der Waals surface area contributed by atoms with Crippen molar-refractivity contribution in [2.45, 2.75) is 84.2 Å². The minimum atomic E-state index is -0.605. The largest absolute Gasteiger partial charge is 0.396 e. The monoisotopic (exact) mass is 432 g/mol. The highest BCUT2D eigenvalue weighted by Gasteiger charge is 2.62. The summed E-state index contributed by atoms with van der Waals surface area (Å²) < 4.78 is 0. The summed E-state index contributed by atoms with van der Waals surface area (Å²) in [5.41, 5.74) is 6.58. The zero-order valence-electron chi connectivity index (χ0n) is 19.4. The Morgan fingerprint density at radius 2 is 1.84 bits per heavy atom. The Morgan fingerprint density at radius 3 is 2.48 bits per heavy atom. The molecule has 174 valence electrons. The summed E-state index contributed by atoms with van der Waals surface area (Å²) in [6, 6.07) is 0. The number of carbonyl (C=O) groups is 1. The first kappa shape index (κ1) is 22.8. The second-order valence-electron chi connectivity index (χ2n) is 11.6. The number of amidine groups is 1. The highest BCUT2D eigenvalue weighted by atomic mass is 16.3. The van der Waals surface area contributed by atoms with E-state index in [1.54, 1.807) is 6.92 Å². The molecule has 4 aliphatic rings. The van der Waals surface area contributed by atoms with Crippen LogP contribution in [0, 0.1) is 51.4 Å². The molecule has 0 aromatic heterocycles. The van der Waals surface area contributed by atoms with Crippen LogP contribution < -0.4 is 0 Å². The molecule has 4 aliphatic carbocycles. The molecule has 7 nitrogen and oxygen atoms in total. The number of Topliss-reactive ketones (excluding diaryl/α,β-unsaturated/α-hetero) is 1. The lowest BCUT2D eigenvalue weighted by Crippen LogP contribution is -2.58. The summed E-state index contributed by atoms with van der Waals surface area (Å²) in [6.07, 6.45) is 8.69. The predicted molar refractivity (Wildman–Crippen MR) is 118 cm³/mol. The van der Waals surface area contributed by atoms with Crippen molar-refractivity contribution in [1.82, 2.24) is 5.01 Å². The molecule has 0 spiro atoms. The van der Waals surface area contributed by atoms with Gasteiger partial charge in [0, 0.05) is 12.5 Å². The van der Waals surface area contributed by atoms with Gasteiger partial charge in [-0.25, -0.2) is 5.01 Å². The number of nitrogens with one attached hydrogen (secondary N) is 2. The van der Waals surface area contributed by atoms with Crippen molar-refractivity contribution < 1.29 is 15.0 Å². The second-order valence-corrected chi connectivity index (χ2v) is 11.6. The van der Waals surface area contributed by atoms with E-state index in [0.717, 1.165) is 57.8 Å². The van der Waals surface area contributed by atoms with E-state index in [1.165, 1.54) is 5.01 Å². The SMILES string of the molecule is CC(=N)N(CC(=O)[C@H]1CC[C@H]2[C@@H]3CC[C@H]4C[C@](C)(O)CC[C@]4(CO)[C@H]3CC[C@]12C)N=N. The smallest absolute Gasteiger partial charge is 0.158 e. The number of nitrogens with zero attached hydrogens (tertiary/aromatic N) is 2. The van der Waals surface area contributed by atoms with Gasteiger partial charge < -0.3 is 10.2 Å². The lowest BCUT2D eigenvalue weighted by Gasteiger charge is -2.62. The van der Waals surface area contributed by atoms with Crippen LogP contribution in [0.3, 0.4) is 0 Å². The molecule has 31 heavy (non-hydrogen) atoms. The highest BCUT2D eigenvalue weighted by molar-refractivity contribution is 5.88. The van der Waals surface area contributed by atoms with E-state index in [4.69, 9.17) is 10.9 Å². The standard InChI is InChI=1S/C24H40N4O3/c1-15(25)28(27-26)13-21(30)20-7-6-18-17-5-4-16-12-22(2,31)10-11-24(16,14-29)19(17)8-9-23(18,20)3/h16-20,25-26,29,31H,4-14H2,1-3H3/t16-,17-,18-,19-,20+,22+,23-,24+/m0/s1. The van der Waals surface area contributed by atoms with Gasteiger partial charge in [0.2, 0.25) is 0 Å². The van der Waals surface area contributed by atoms with Crippen molar-refractivity contribution >= 4 is 11.6 Å². The van der Waals surface area contributed by atoms with Gasteiger partial charge in [-0.2, -0.15) is 5.53 Å². The molecule has 0 aromatic rings. The summed E-state index contributed by atoms with van der Waals surface area (Å²) in [4.78, 5) is 13.2. The molecule has 0 amide bonds. The quantitative estimate of drug-likeness (QED) is 0.225. The number of rotatable bonds is 5. The van der Waals surface area contributed by atoms with E-state index in [2.05, 4.69) is 12.1 Å². The van der Waals surface area contributed by atoms with Gasteiger partial charge in [0.05, 0.1) is 5.60 Å². The van der Waals surface area contributed by atoms with Gasteiger partial charge in [0.15, 0.2) is 5.78 Å². The molecule has 0 aromatic carbocycles. The lowest BCUT2D eigenvalue weighted by atomic mass is 9.43. The fourth-order valence-electron chi connectivity index (χ4n) is 8.56. The topological polar surface area (TPSA) is 121 Å². The molecule has 0 heterocycles. The molecule has 8 atom stereocenters. The minimum Gasteiger partial charge on any atom is -0.396 e. The van der Waals surface area contributed by atoms with Gasteiger partial charge in [0.25, 0.3) is 0 Å². The van der Waals surface area contributed by atoms with Crippen LogP contribution in [0.4, 0.5) is 0 Å². The van der Waals surface area contributed by atoms with Crippen molar-refractivity contribution in [1.29, 1.82) is 10.9 Å². The van der Waals surface area contributed by atoms with Crippen molar-refractivity contribution in [3.8, 4) is 0 Å².